The summed E-state index contributed by atoms with van der Waals surface area (Å²) in [5.74, 6) is 0. The first-order valence-electron chi connectivity index (χ1n) is 6.30. The molecule has 1 unspecified atom stereocenters. The summed E-state index contributed by atoms with van der Waals surface area (Å²) in [6.45, 7) is 8.46. The third-order valence-corrected chi connectivity index (χ3v) is 3.79. The van der Waals surface area contributed by atoms with Crippen molar-refractivity contribution in [3.05, 3.63) is 33.8 Å². The quantitative estimate of drug-likeness (QED) is 0.852. The van der Waals surface area contributed by atoms with Gasteiger partial charge in [0.1, 0.15) is 0 Å². The summed E-state index contributed by atoms with van der Waals surface area (Å²) >= 11 is 12.1. The number of nitrogens with zero attached hydrogens (tertiary/aromatic N) is 1. The van der Waals surface area contributed by atoms with Gasteiger partial charge in [-0.05, 0) is 45.5 Å². The Labute approximate surface area is 120 Å². The van der Waals surface area contributed by atoms with Crippen LogP contribution in [0, 0.1) is 0 Å². The van der Waals surface area contributed by atoms with Gasteiger partial charge in [-0.15, -0.1) is 0 Å². The van der Waals surface area contributed by atoms with Gasteiger partial charge < -0.3 is 10.2 Å². The standard InChI is InChI=1S/C14H22Cl2N2/c1-10(2)18(4)8-7-17-11(3)13-6-5-12(15)9-14(13)16/h5-6,9-11,17H,7-8H2,1-4H3. The molecule has 0 aliphatic rings. The second kappa shape index (κ2) is 7.34. The predicted molar refractivity (Wildman–Crippen MR) is 80.6 cm³/mol. The Balaban J connectivity index is 2.48. The summed E-state index contributed by atoms with van der Waals surface area (Å²) < 4.78 is 0. The third-order valence-electron chi connectivity index (χ3n) is 3.23. The van der Waals surface area contributed by atoms with Gasteiger partial charge in [0.05, 0.1) is 0 Å². The fourth-order valence-electron chi connectivity index (χ4n) is 1.68. The lowest BCUT2D eigenvalue weighted by Gasteiger charge is -2.23. The zero-order valence-corrected chi connectivity index (χ0v) is 13.0. The molecular weight excluding hydrogens is 267 g/mol. The minimum atomic E-state index is 0.232. The number of hydrogen-bond donors (Lipinski definition) is 1. The Kier molecular flexibility index (Phi) is 6.44. The van der Waals surface area contributed by atoms with Gasteiger partial charge in [-0.2, -0.15) is 0 Å². The van der Waals surface area contributed by atoms with Crippen molar-refractivity contribution in [1.82, 2.24) is 10.2 Å². The zero-order chi connectivity index (χ0) is 13.7. The molecule has 0 bridgehead atoms. The zero-order valence-electron chi connectivity index (χ0n) is 11.5. The molecule has 18 heavy (non-hydrogen) atoms. The summed E-state index contributed by atoms with van der Waals surface area (Å²) in [7, 11) is 2.13. The fourth-order valence-corrected chi connectivity index (χ4v) is 2.25. The van der Waals surface area contributed by atoms with Crippen molar-refractivity contribution in [2.45, 2.75) is 32.9 Å². The van der Waals surface area contributed by atoms with Crippen molar-refractivity contribution in [3.8, 4) is 0 Å². The number of rotatable bonds is 6. The van der Waals surface area contributed by atoms with Gasteiger partial charge in [0, 0.05) is 35.2 Å². The van der Waals surface area contributed by atoms with E-state index in [-0.39, 0.29) is 6.04 Å². The van der Waals surface area contributed by atoms with Crippen molar-refractivity contribution >= 4 is 23.2 Å². The van der Waals surface area contributed by atoms with Crippen molar-refractivity contribution < 1.29 is 0 Å². The van der Waals surface area contributed by atoms with Crippen LogP contribution in [-0.2, 0) is 0 Å². The number of nitrogens with one attached hydrogen (secondary N) is 1. The molecule has 0 spiro atoms. The minimum Gasteiger partial charge on any atom is -0.309 e. The second-order valence-corrected chi connectivity index (χ2v) is 5.76. The highest BCUT2D eigenvalue weighted by atomic mass is 35.5. The maximum Gasteiger partial charge on any atom is 0.0468 e. The maximum absolute atomic E-state index is 6.18. The Morgan fingerprint density at radius 2 is 1.89 bits per heavy atom. The monoisotopic (exact) mass is 288 g/mol. The predicted octanol–water partition coefficient (Wildman–Crippen LogP) is 3.98. The van der Waals surface area contributed by atoms with Crippen LogP contribution in [0.3, 0.4) is 0 Å². The molecule has 4 heteroatoms. The van der Waals surface area contributed by atoms with Crippen LogP contribution < -0.4 is 5.32 Å². The van der Waals surface area contributed by atoms with Gasteiger partial charge >= 0.3 is 0 Å². The van der Waals surface area contributed by atoms with E-state index in [0.717, 1.165) is 23.7 Å². The molecule has 0 radical (unpaired) electrons. The van der Waals surface area contributed by atoms with Crippen LogP contribution in [0.5, 0.6) is 0 Å². The smallest absolute Gasteiger partial charge is 0.0468 e. The highest BCUT2D eigenvalue weighted by molar-refractivity contribution is 6.35. The molecule has 1 N–H and O–H groups in total. The normalized spacial score (nSPS) is 13.3. The molecule has 0 aliphatic heterocycles. The Morgan fingerprint density at radius 3 is 2.44 bits per heavy atom. The average Bonchev–Trinajstić information content (AvgIpc) is 2.28. The van der Waals surface area contributed by atoms with Crippen molar-refractivity contribution in [2.24, 2.45) is 0 Å². The van der Waals surface area contributed by atoms with Crippen molar-refractivity contribution in [3.63, 3.8) is 0 Å². The van der Waals surface area contributed by atoms with Gasteiger partial charge in [-0.1, -0.05) is 29.3 Å². The number of halogens is 2. The van der Waals surface area contributed by atoms with E-state index >= 15 is 0 Å². The molecule has 0 heterocycles. The average molecular weight is 289 g/mol. The van der Waals surface area contributed by atoms with E-state index in [9.17, 15) is 0 Å². The van der Waals surface area contributed by atoms with Gasteiger partial charge in [0.15, 0.2) is 0 Å². The summed E-state index contributed by atoms with van der Waals surface area (Å²) in [5, 5.41) is 4.87. The summed E-state index contributed by atoms with van der Waals surface area (Å²) in [5.41, 5.74) is 1.09. The second-order valence-electron chi connectivity index (χ2n) is 4.92. The summed E-state index contributed by atoms with van der Waals surface area (Å²) in [4.78, 5) is 2.31. The third kappa shape index (κ3) is 4.77. The van der Waals surface area contributed by atoms with E-state index in [1.165, 1.54) is 0 Å². The summed E-state index contributed by atoms with van der Waals surface area (Å²) in [6.07, 6.45) is 0. The molecule has 0 amide bonds. The molecule has 1 aromatic rings. The van der Waals surface area contributed by atoms with Gasteiger partial charge in [0.25, 0.3) is 0 Å². The minimum absolute atomic E-state index is 0.232. The van der Waals surface area contributed by atoms with Gasteiger partial charge in [-0.25, -0.2) is 0 Å². The van der Waals surface area contributed by atoms with Crippen LogP contribution in [-0.4, -0.2) is 31.1 Å². The van der Waals surface area contributed by atoms with E-state index in [0.29, 0.717) is 11.1 Å². The summed E-state index contributed by atoms with van der Waals surface area (Å²) in [6, 6.07) is 6.45. The molecule has 0 saturated carbocycles. The molecule has 0 aromatic heterocycles. The Bertz CT molecular complexity index is 380. The number of likely N-dealkylation sites (N-methyl/N-ethyl adjacent to an activating group) is 1. The molecule has 1 rings (SSSR count). The number of hydrogen-bond acceptors (Lipinski definition) is 2. The van der Waals surface area contributed by atoms with E-state index in [1.807, 2.05) is 12.1 Å². The van der Waals surface area contributed by atoms with Crippen LogP contribution >= 0.6 is 23.2 Å². The van der Waals surface area contributed by atoms with Gasteiger partial charge in [0.2, 0.25) is 0 Å². The lowest BCUT2D eigenvalue weighted by molar-refractivity contribution is 0.270. The molecule has 0 aliphatic carbocycles. The molecule has 2 nitrogen and oxygen atoms in total. The molecule has 1 aromatic carbocycles. The van der Waals surface area contributed by atoms with E-state index in [4.69, 9.17) is 23.2 Å². The fraction of sp³-hybridized carbons (Fsp3) is 0.571. The lowest BCUT2D eigenvalue weighted by atomic mass is 10.1. The van der Waals surface area contributed by atoms with E-state index in [1.54, 1.807) is 6.07 Å². The van der Waals surface area contributed by atoms with Crippen LogP contribution in [0.4, 0.5) is 0 Å². The van der Waals surface area contributed by atoms with Crippen LogP contribution in [0.15, 0.2) is 18.2 Å². The maximum atomic E-state index is 6.18. The topological polar surface area (TPSA) is 15.3 Å². The highest BCUT2D eigenvalue weighted by Gasteiger charge is 2.10. The first-order valence-corrected chi connectivity index (χ1v) is 7.06. The number of benzene rings is 1. The van der Waals surface area contributed by atoms with E-state index < -0.39 is 0 Å². The molecule has 0 fully saturated rings. The Morgan fingerprint density at radius 1 is 1.22 bits per heavy atom. The molecular formula is C14H22Cl2N2. The lowest BCUT2D eigenvalue weighted by Crippen LogP contribution is -2.34. The Hall–Kier alpha value is -0.280. The van der Waals surface area contributed by atoms with E-state index in [2.05, 4.69) is 38.0 Å². The molecule has 102 valence electrons. The van der Waals surface area contributed by atoms with Crippen molar-refractivity contribution in [2.75, 3.05) is 20.1 Å². The first-order chi connectivity index (χ1) is 8.41. The molecule has 0 saturated heterocycles. The van der Waals surface area contributed by atoms with Crippen molar-refractivity contribution in [1.29, 1.82) is 0 Å². The van der Waals surface area contributed by atoms with Crippen LogP contribution in [0.1, 0.15) is 32.4 Å². The SMILES string of the molecule is CC(NCCN(C)C(C)C)c1ccc(Cl)cc1Cl. The van der Waals surface area contributed by atoms with Crippen LogP contribution in [0.25, 0.3) is 0 Å². The van der Waals surface area contributed by atoms with Crippen LogP contribution in [0.2, 0.25) is 10.0 Å². The van der Waals surface area contributed by atoms with Gasteiger partial charge in [-0.3, -0.25) is 0 Å². The molecule has 1 atom stereocenters. The highest BCUT2D eigenvalue weighted by Crippen LogP contribution is 2.25. The largest absolute Gasteiger partial charge is 0.309 e. The first kappa shape index (κ1) is 15.8.